The van der Waals surface area contributed by atoms with Crippen molar-refractivity contribution >= 4 is 21.7 Å². The average Bonchev–Trinajstić information content (AvgIpc) is 2.49. The topological polar surface area (TPSA) is 26.3 Å². The highest BCUT2D eigenvalue weighted by Crippen LogP contribution is 2.35. The van der Waals surface area contributed by atoms with E-state index in [1.807, 2.05) is 24.3 Å². The van der Waals surface area contributed by atoms with Gasteiger partial charge in [0, 0.05) is 4.47 Å². The SMILES string of the molecule is CC(=O)c1cc(Br)ccc1OC1CCCc2ccccc21. The zero-order chi connectivity index (χ0) is 14.8. The van der Waals surface area contributed by atoms with Crippen LogP contribution in [0.25, 0.3) is 0 Å². The summed E-state index contributed by atoms with van der Waals surface area (Å²) in [6.07, 6.45) is 3.25. The maximum atomic E-state index is 11.8. The fourth-order valence-electron chi connectivity index (χ4n) is 2.87. The third kappa shape index (κ3) is 3.03. The van der Waals surface area contributed by atoms with Gasteiger partial charge in [0.1, 0.15) is 11.9 Å². The molecule has 0 amide bonds. The predicted molar refractivity (Wildman–Crippen MR) is 86.9 cm³/mol. The van der Waals surface area contributed by atoms with Crippen molar-refractivity contribution in [1.29, 1.82) is 0 Å². The summed E-state index contributed by atoms with van der Waals surface area (Å²) in [6.45, 7) is 1.57. The van der Waals surface area contributed by atoms with Gasteiger partial charge in [-0.25, -0.2) is 0 Å². The highest BCUT2D eigenvalue weighted by molar-refractivity contribution is 9.10. The number of Topliss-reactive ketones (excluding diaryl/α,β-unsaturated/α-hetero) is 1. The minimum Gasteiger partial charge on any atom is -0.485 e. The van der Waals surface area contributed by atoms with Crippen LogP contribution in [0.15, 0.2) is 46.9 Å². The van der Waals surface area contributed by atoms with Crippen molar-refractivity contribution in [2.75, 3.05) is 0 Å². The molecule has 2 aromatic carbocycles. The van der Waals surface area contributed by atoms with Crippen molar-refractivity contribution in [3.8, 4) is 5.75 Å². The molecule has 1 aliphatic carbocycles. The number of ether oxygens (including phenoxy) is 1. The van der Waals surface area contributed by atoms with Crippen molar-refractivity contribution < 1.29 is 9.53 Å². The van der Waals surface area contributed by atoms with E-state index in [-0.39, 0.29) is 11.9 Å². The molecular formula is C18H17BrO2. The molecule has 0 radical (unpaired) electrons. The quantitative estimate of drug-likeness (QED) is 0.723. The summed E-state index contributed by atoms with van der Waals surface area (Å²) in [6, 6.07) is 14.0. The second-order valence-corrected chi connectivity index (χ2v) is 6.31. The molecule has 1 atom stereocenters. The Labute approximate surface area is 133 Å². The largest absolute Gasteiger partial charge is 0.485 e. The van der Waals surface area contributed by atoms with E-state index in [2.05, 4.69) is 34.1 Å². The first-order chi connectivity index (χ1) is 10.1. The summed E-state index contributed by atoms with van der Waals surface area (Å²) in [5, 5.41) is 0. The number of fused-ring (bicyclic) bond motifs is 1. The van der Waals surface area contributed by atoms with E-state index in [0.29, 0.717) is 11.3 Å². The molecule has 0 bridgehead atoms. The molecule has 108 valence electrons. The van der Waals surface area contributed by atoms with Crippen molar-refractivity contribution in [1.82, 2.24) is 0 Å². The Morgan fingerprint density at radius 1 is 1.24 bits per heavy atom. The van der Waals surface area contributed by atoms with Crippen molar-refractivity contribution in [2.45, 2.75) is 32.3 Å². The zero-order valence-corrected chi connectivity index (χ0v) is 13.5. The molecule has 0 saturated heterocycles. The molecule has 2 aromatic rings. The van der Waals surface area contributed by atoms with Gasteiger partial charge < -0.3 is 4.74 Å². The number of halogens is 1. The maximum Gasteiger partial charge on any atom is 0.163 e. The molecule has 0 fully saturated rings. The Balaban J connectivity index is 1.93. The third-order valence-electron chi connectivity index (χ3n) is 3.90. The van der Waals surface area contributed by atoms with Gasteiger partial charge in [0.25, 0.3) is 0 Å². The molecule has 0 aromatic heterocycles. The molecule has 0 saturated carbocycles. The second-order valence-electron chi connectivity index (χ2n) is 5.39. The predicted octanol–water partition coefficient (Wildman–Crippen LogP) is 5.11. The number of aryl methyl sites for hydroxylation is 1. The van der Waals surface area contributed by atoms with Crippen LogP contribution in [-0.2, 0) is 6.42 Å². The molecule has 21 heavy (non-hydrogen) atoms. The van der Waals surface area contributed by atoms with E-state index < -0.39 is 0 Å². The van der Waals surface area contributed by atoms with E-state index in [0.717, 1.165) is 23.7 Å². The zero-order valence-electron chi connectivity index (χ0n) is 11.9. The molecule has 0 aliphatic heterocycles. The van der Waals surface area contributed by atoms with Gasteiger partial charge in [0.2, 0.25) is 0 Å². The Kier molecular flexibility index (Phi) is 4.11. The molecule has 1 aliphatic rings. The molecule has 3 rings (SSSR count). The highest BCUT2D eigenvalue weighted by Gasteiger charge is 2.22. The first-order valence-electron chi connectivity index (χ1n) is 7.20. The van der Waals surface area contributed by atoms with Crippen LogP contribution >= 0.6 is 15.9 Å². The smallest absolute Gasteiger partial charge is 0.163 e. The first-order valence-corrected chi connectivity index (χ1v) is 7.99. The lowest BCUT2D eigenvalue weighted by Crippen LogP contribution is -2.16. The van der Waals surface area contributed by atoms with E-state index in [1.165, 1.54) is 11.1 Å². The Morgan fingerprint density at radius 2 is 2.05 bits per heavy atom. The number of carbonyl (C=O) groups excluding carboxylic acids is 1. The molecular weight excluding hydrogens is 328 g/mol. The summed E-state index contributed by atoms with van der Waals surface area (Å²) in [5.74, 6) is 0.697. The van der Waals surface area contributed by atoms with Crippen LogP contribution in [-0.4, -0.2) is 5.78 Å². The minimum absolute atomic E-state index is 0.0235. The summed E-state index contributed by atoms with van der Waals surface area (Å²) >= 11 is 3.41. The van der Waals surface area contributed by atoms with Crippen LogP contribution < -0.4 is 4.74 Å². The lowest BCUT2D eigenvalue weighted by atomic mass is 9.89. The second kappa shape index (κ2) is 6.02. The van der Waals surface area contributed by atoms with Crippen LogP contribution in [0.2, 0.25) is 0 Å². The van der Waals surface area contributed by atoms with Crippen LogP contribution in [0.4, 0.5) is 0 Å². The van der Waals surface area contributed by atoms with Gasteiger partial charge >= 0.3 is 0 Å². The first kappa shape index (κ1) is 14.3. The van der Waals surface area contributed by atoms with Crippen LogP contribution in [0.5, 0.6) is 5.75 Å². The van der Waals surface area contributed by atoms with E-state index in [1.54, 1.807) is 6.92 Å². The molecule has 1 unspecified atom stereocenters. The van der Waals surface area contributed by atoms with Gasteiger partial charge in [0.05, 0.1) is 5.56 Å². The van der Waals surface area contributed by atoms with Crippen molar-refractivity contribution in [3.63, 3.8) is 0 Å². The molecule has 0 N–H and O–H groups in total. The van der Waals surface area contributed by atoms with E-state index in [9.17, 15) is 4.79 Å². The lowest BCUT2D eigenvalue weighted by molar-refractivity contribution is 0.100. The van der Waals surface area contributed by atoms with Crippen LogP contribution in [0.3, 0.4) is 0 Å². The van der Waals surface area contributed by atoms with Gasteiger partial charge in [-0.05, 0) is 55.5 Å². The Hall–Kier alpha value is -1.61. The molecule has 0 heterocycles. The number of ketones is 1. The molecule has 3 heteroatoms. The number of carbonyl (C=O) groups is 1. The van der Waals surface area contributed by atoms with Gasteiger partial charge in [-0.2, -0.15) is 0 Å². The van der Waals surface area contributed by atoms with Gasteiger partial charge in [-0.15, -0.1) is 0 Å². The number of hydrogen-bond donors (Lipinski definition) is 0. The maximum absolute atomic E-state index is 11.8. The average molecular weight is 345 g/mol. The highest BCUT2D eigenvalue weighted by atomic mass is 79.9. The van der Waals surface area contributed by atoms with Crippen LogP contribution in [0.1, 0.15) is 47.4 Å². The van der Waals surface area contributed by atoms with Gasteiger partial charge in [0.15, 0.2) is 5.78 Å². The lowest BCUT2D eigenvalue weighted by Gasteiger charge is -2.27. The Bertz CT molecular complexity index is 679. The minimum atomic E-state index is 0.0235. The number of rotatable bonds is 3. The standard InChI is InChI=1S/C18H17BrO2/c1-12(20)16-11-14(19)9-10-18(16)21-17-8-4-6-13-5-2-3-7-15(13)17/h2-3,5,7,9-11,17H,4,6,8H2,1H3. The summed E-state index contributed by atoms with van der Waals surface area (Å²) < 4.78 is 7.08. The van der Waals surface area contributed by atoms with E-state index in [4.69, 9.17) is 4.74 Å². The normalized spacial score (nSPS) is 17.1. The summed E-state index contributed by atoms with van der Waals surface area (Å²) in [5.41, 5.74) is 3.24. The fraction of sp³-hybridized carbons (Fsp3) is 0.278. The number of benzene rings is 2. The van der Waals surface area contributed by atoms with Crippen molar-refractivity contribution in [3.05, 3.63) is 63.6 Å². The molecule has 0 spiro atoms. The van der Waals surface area contributed by atoms with Gasteiger partial charge in [-0.3, -0.25) is 4.79 Å². The monoisotopic (exact) mass is 344 g/mol. The van der Waals surface area contributed by atoms with Crippen LogP contribution in [0, 0.1) is 0 Å². The van der Waals surface area contributed by atoms with Gasteiger partial charge in [-0.1, -0.05) is 40.2 Å². The summed E-state index contributed by atoms with van der Waals surface area (Å²) in [4.78, 5) is 11.8. The van der Waals surface area contributed by atoms with E-state index >= 15 is 0 Å². The third-order valence-corrected chi connectivity index (χ3v) is 4.40. The number of hydrogen-bond acceptors (Lipinski definition) is 2. The summed E-state index contributed by atoms with van der Waals surface area (Å²) in [7, 11) is 0. The molecule has 2 nitrogen and oxygen atoms in total. The Morgan fingerprint density at radius 3 is 2.86 bits per heavy atom. The fourth-order valence-corrected chi connectivity index (χ4v) is 3.23. The van der Waals surface area contributed by atoms with Crippen molar-refractivity contribution in [2.24, 2.45) is 0 Å².